The van der Waals surface area contributed by atoms with E-state index in [1.54, 1.807) is 24.3 Å². The lowest BCUT2D eigenvalue weighted by atomic mass is 9.90. The molecule has 1 unspecified atom stereocenters. The summed E-state index contributed by atoms with van der Waals surface area (Å²) in [6.45, 7) is 1.74. The number of aliphatic hydroxyl groups is 4. The zero-order valence-corrected chi connectivity index (χ0v) is 21.5. The average molecular weight is 545 g/mol. The Balaban J connectivity index is 1.23. The summed E-state index contributed by atoms with van der Waals surface area (Å²) in [7, 11) is 0. The Morgan fingerprint density at radius 2 is 1.76 bits per heavy atom. The van der Waals surface area contributed by atoms with Crippen LogP contribution in [-0.2, 0) is 17.6 Å². The van der Waals surface area contributed by atoms with Crippen molar-refractivity contribution in [2.75, 3.05) is 13.2 Å². The zero-order valence-electron chi connectivity index (χ0n) is 20.8. The number of halogens is 2. The van der Waals surface area contributed by atoms with Crippen molar-refractivity contribution in [1.82, 2.24) is 0 Å². The molecule has 7 nitrogen and oxygen atoms in total. The summed E-state index contributed by atoms with van der Waals surface area (Å²) in [6.07, 6.45) is -5.11. The van der Waals surface area contributed by atoms with E-state index in [2.05, 4.69) is 0 Å². The van der Waals surface area contributed by atoms with Crippen LogP contribution in [0.5, 0.6) is 11.5 Å². The molecule has 4 N–H and O–H groups in total. The number of ether oxygens (including phenoxy) is 3. The first-order chi connectivity index (χ1) is 18.2. The Hall–Kier alpha value is -2.72. The molecular formula is C29H30ClFO7. The molecule has 0 radical (unpaired) electrons. The van der Waals surface area contributed by atoms with Gasteiger partial charge in [-0.15, -0.1) is 0 Å². The molecule has 2 aliphatic heterocycles. The molecule has 0 spiro atoms. The van der Waals surface area contributed by atoms with E-state index in [4.69, 9.17) is 25.8 Å². The van der Waals surface area contributed by atoms with Crippen LogP contribution in [0.15, 0.2) is 60.7 Å². The van der Waals surface area contributed by atoms with Gasteiger partial charge in [-0.2, -0.15) is 0 Å². The number of aliphatic hydroxyl groups excluding tert-OH is 4. The molecule has 0 amide bonds. The van der Waals surface area contributed by atoms with Gasteiger partial charge in [-0.3, -0.25) is 0 Å². The van der Waals surface area contributed by atoms with Gasteiger partial charge in [-0.25, -0.2) is 4.39 Å². The SMILES string of the molecule is CC1(COc2ccc(Cc3cc([C@@H]4O[C@H](CO)[C@@H](O)[C@H](O)[C@H]4O)ccc3Cl)cc2)Cc2cc(F)ccc2O1. The lowest BCUT2D eigenvalue weighted by Gasteiger charge is -2.40. The van der Waals surface area contributed by atoms with Gasteiger partial charge in [0.1, 0.15) is 60.0 Å². The zero-order chi connectivity index (χ0) is 27.0. The minimum atomic E-state index is -1.45. The first kappa shape index (κ1) is 26.9. The molecule has 5 rings (SSSR count). The monoisotopic (exact) mass is 544 g/mol. The summed E-state index contributed by atoms with van der Waals surface area (Å²) in [5, 5.41) is 40.7. The largest absolute Gasteiger partial charge is 0.489 e. The van der Waals surface area contributed by atoms with Crippen molar-refractivity contribution in [3.63, 3.8) is 0 Å². The highest BCUT2D eigenvalue weighted by Gasteiger charge is 2.44. The van der Waals surface area contributed by atoms with Crippen LogP contribution in [0.3, 0.4) is 0 Å². The van der Waals surface area contributed by atoms with Gasteiger partial charge in [0.25, 0.3) is 0 Å². The Labute approximate surface area is 225 Å². The molecule has 6 atom stereocenters. The highest BCUT2D eigenvalue weighted by Crippen LogP contribution is 2.36. The van der Waals surface area contributed by atoms with Crippen LogP contribution in [0.2, 0.25) is 5.02 Å². The van der Waals surface area contributed by atoms with Gasteiger partial charge in [0.2, 0.25) is 0 Å². The Morgan fingerprint density at radius 3 is 2.50 bits per heavy atom. The number of fused-ring (bicyclic) bond motifs is 1. The summed E-state index contributed by atoms with van der Waals surface area (Å²) < 4.78 is 31.2. The second-order valence-electron chi connectivity index (χ2n) is 10.2. The fourth-order valence-electron chi connectivity index (χ4n) is 5.01. The van der Waals surface area contributed by atoms with Crippen molar-refractivity contribution in [1.29, 1.82) is 0 Å². The van der Waals surface area contributed by atoms with Crippen molar-refractivity contribution in [3.8, 4) is 11.5 Å². The van der Waals surface area contributed by atoms with Crippen LogP contribution in [0.25, 0.3) is 0 Å². The van der Waals surface area contributed by atoms with Crippen LogP contribution in [0.4, 0.5) is 4.39 Å². The van der Waals surface area contributed by atoms with E-state index in [9.17, 15) is 24.8 Å². The second kappa shape index (κ2) is 10.8. The summed E-state index contributed by atoms with van der Waals surface area (Å²) >= 11 is 6.45. The highest BCUT2D eigenvalue weighted by molar-refractivity contribution is 6.31. The quantitative estimate of drug-likeness (QED) is 0.361. The first-order valence-corrected chi connectivity index (χ1v) is 12.8. The maximum Gasteiger partial charge on any atom is 0.144 e. The smallest absolute Gasteiger partial charge is 0.144 e. The van der Waals surface area contributed by atoms with E-state index in [0.717, 1.165) is 16.7 Å². The minimum Gasteiger partial charge on any atom is -0.489 e. The third kappa shape index (κ3) is 5.52. The molecule has 3 aromatic carbocycles. The van der Waals surface area contributed by atoms with Gasteiger partial charge in [0.05, 0.1) is 6.61 Å². The summed E-state index contributed by atoms with van der Waals surface area (Å²) in [5.74, 6) is 1.06. The van der Waals surface area contributed by atoms with E-state index < -0.39 is 42.7 Å². The van der Waals surface area contributed by atoms with Crippen molar-refractivity contribution in [3.05, 3.63) is 93.8 Å². The normalized spacial score (nSPS) is 28.6. The summed E-state index contributed by atoms with van der Waals surface area (Å²) in [6, 6.07) is 17.3. The van der Waals surface area contributed by atoms with Crippen LogP contribution in [0, 0.1) is 5.82 Å². The van der Waals surface area contributed by atoms with E-state index in [1.807, 2.05) is 31.2 Å². The van der Waals surface area contributed by atoms with Gasteiger partial charge < -0.3 is 34.6 Å². The minimum absolute atomic E-state index is 0.285. The molecule has 0 aliphatic carbocycles. The van der Waals surface area contributed by atoms with E-state index in [-0.39, 0.29) is 5.82 Å². The van der Waals surface area contributed by atoms with Crippen LogP contribution < -0.4 is 9.47 Å². The third-order valence-corrected chi connectivity index (χ3v) is 7.46. The Bertz CT molecular complexity index is 1280. The van der Waals surface area contributed by atoms with Gasteiger partial charge in [-0.05, 0) is 66.4 Å². The maximum absolute atomic E-state index is 13.5. The molecule has 202 valence electrons. The van der Waals surface area contributed by atoms with E-state index in [0.29, 0.717) is 41.5 Å². The van der Waals surface area contributed by atoms with Crippen molar-refractivity contribution in [2.45, 2.75) is 55.9 Å². The lowest BCUT2D eigenvalue weighted by molar-refractivity contribution is -0.231. The molecule has 0 aromatic heterocycles. The molecule has 1 fully saturated rings. The van der Waals surface area contributed by atoms with Gasteiger partial charge in [0.15, 0.2) is 0 Å². The lowest BCUT2D eigenvalue weighted by Crippen LogP contribution is -2.55. The number of hydrogen-bond acceptors (Lipinski definition) is 7. The fourth-order valence-corrected chi connectivity index (χ4v) is 5.20. The van der Waals surface area contributed by atoms with Gasteiger partial charge >= 0.3 is 0 Å². The highest BCUT2D eigenvalue weighted by atomic mass is 35.5. The van der Waals surface area contributed by atoms with E-state index in [1.165, 1.54) is 12.1 Å². The second-order valence-corrected chi connectivity index (χ2v) is 10.6. The molecule has 2 aliphatic rings. The predicted octanol–water partition coefficient (Wildman–Crippen LogP) is 3.36. The molecule has 38 heavy (non-hydrogen) atoms. The third-order valence-electron chi connectivity index (χ3n) is 7.10. The van der Waals surface area contributed by atoms with Crippen LogP contribution in [0.1, 0.15) is 35.3 Å². The topological polar surface area (TPSA) is 109 Å². The molecule has 0 bridgehead atoms. The Morgan fingerprint density at radius 1 is 1.00 bits per heavy atom. The molecule has 1 saturated heterocycles. The molecule has 3 aromatic rings. The maximum atomic E-state index is 13.5. The van der Waals surface area contributed by atoms with Gasteiger partial charge in [-0.1, -0.05) is 35.9 Å². The summed E-state index contributed by atoms with van der Waals surface area (Å²) in [4.78, 5) is 0. The number of hydrogen-bond donors (Lipinski definition) is 4. The van der Waals surface area contributed by atoms with Gasteiger partial charge in [0, 0.05) is 17.0 Å². The molecule has 9 heteroatoms. The van der Waals surface area contributed by atoms with Crippen molar-refractivity contribution >= 4 is 11.6 Å². The number of rotatable bonds is 7. The average Bonchev–Trinajstić information content (AvgIpc) is 3.24. The van der Waals surface area contributed by atoms with E-state index >= 15 is 0 Å². The number of benzene rings is 3. The predicted molar refractivity (Wildman–Crippen MR) is 138 cm³/mol. The van der Waals surface area contributed by atoms with Crippen LogP contribution in [-0.4, -0.2) is 63.7 Å². The summed E-state index contributed by atoms with van der Waals surface area (Å²) in [5.41, 5.74) is 2.57. The molecule has 0 saturated carbocycles. The molecule has 2 heterocycles. The Kier molecular flexibility index (Phi) is 7.64. The first-order valence-electron chi connectivity index (χ1n) is 12.4. The molecular weight excluding hydrogens is 515 g/mol. The van der Waals surface area contributed by atoms with Crippen molar-refractivity contribution in [2.24, 2.45) is 0 Å². The fraction of sp³-hybridized carbons (Fsp3) is 0.379. The standard InChI is InChI=1S/C29H30ClFO7/c1-29(13-19-12-20(31)5-9-23(19)38-29)15-36-21-6-2-16(3-7-21)10-18-11-17(4-8-22(18)30)28-27(35)26(34)25(33)24(14-32)37-28/h2-9,11-12,24-28,32-35H,10,13-15H2,1H3/t24-,25-,26+,27-,28+,29?/m1/s1. The van der Waals surface area contributed by atoms with Crippen LogP contribution >= 0.6 is 11.6 Å². The van der Waals surface area contributed by atoms with Crippen molar-refractivity contribution < 1.29 is 39.0 Å².